The van der Waals surface area contributed by atoms with Gasteiger partial charge in [-0.25, -0.2) is 9.97 Å². The third-order valence-electron chi connectivity index (χ3n) is 7.36. The average molecular weight is 482 g/mol. The molecule has 1 aliphatic heterocycles. The summed E-state index contributed by atoms with van der Waals surface area (Å²) in [5.74, 6) is 2.29. The van der Waals surface area contributed by atoms with Crippen LogP contribution in [0.4, 0.5) is 23.1 Å². The van der Waals surface area contributed by atoms with Crippen LogP contribution in [-0.4, -0.2) is 44.0 Å². The van der Waals surface area contributed by atoms with Gasteiger partial charge in [-0.05, 0) is 99.3 Å². The van der Waals surface area contributed by atoms with Crippen molar-refractivity contribution in [2.45, 2.75) is 51.5 Å². The number of benzene rings is 1. The van der Waals surface area contributed by atoms with Gasteiger partial charge in [0, 0.05) is 17.9 Å². The van der Waals surface area contributed by atoms with E-state index in [2.05, 4.69) is 55.6 Å². The Bertz CT molecular complexity index is 1450. The molecule has 0 radical (unpaired) electrons. The molecule has 0 bridgehead atoms. The predicted molar refractivity (Wildman–Crippen MR) is 143 cm³/mol. The molecule has 3 aromatic heterocycles. The minimum absolute atomic E-state index is 0.181. The number of nitrogens with one attached hydrogen (secondary N) is 3. The minimum Gasteiger partial charge on any atom is -0.339 e. The third kappa shape index (κ3) is 4.68. The number of piperidine rings is 1. The summed E-state index contributed by atoms with van der Waals surface area (Å²) in [6.45, 7) is 6.49. The lowest BCUT2D eigenvalue weighted by molar-refractivity contribution is 0.203. The van der Waals surface area contributed by atoms with Crippen LogP contribution in [0.2, 0.25) is 0 Å². The van der Waals surface area contributed by atoms with E-state index in [-0.39, 0.29) is 5.56 Å². The second-order valence-electron chi connectivity index (χ2n) is 10.0. The van der Waals surface area contributed by atoms with Crippen molar-refractivity contribution >= 4 is 33.9 Å². The lowest BCUT2D eigenvalue weighted by Crippen LogP contribution is -2.34. The lowest BCUT2D eigenvalue weighted by atomic mass is 9.86. The Morgan fingerprint density at radius 3 is 2.50 bits per heavy atom. The van der Waals surface area contributed by atoms with Gasteiger partial charge in [0.1, 0.15) is 17.5 Å². The largest absolute Gasteiger partial charge is 0.339 e. The van der Waals surface area contributed by atoms with Crippen LogP contribution < -0.4 is 16.2 Å². The van der Waals surface area contributed by atoms with Crippen LogP contribution in [0.3, 0.4) is 0 Å². The van der Waals surface area contributed by atoms with E-state index in [9.17, 15) is 4.79 Å². The summed E-state index contributed by atoms with van der Waals surface area (Å²) in [4.78, 5) is 31.5. The molecule has 4 aromatic rings. The zero-order chi connectivity index (χ0) is 24.6. The van der Waals surface area contributed by atoms with Gasteiger partial charge in [0.05, 0.1) is 23.5 Å². The number of fused-ring (bicyclic) bond motifs is 1. The fraction of sp³-hybridized carbons (Fsp3) is 0.357. The van der Waals surface area contributed by atoms with Crippen molar-refractivity contribution in [1.82, 2.24) is 24.8 Å². The molecule has 0 spiro atoms. The quantitative estimate of drug-likeness (QED) is 0.350. The maximum atomic E-state index is 12.7. The van der Waals surface area contributed by atoms with E-state index in [4.69, 9.17) is 4.98 Å². The highest BCUT2D eigenvalue weighted by molar-refractivity contribution is 5.94. The Morgan fingerprint density at radius 1 is 0.944 bits per heavy atom. The first-order chi connectivity index (χ1) is 17.5. The van der Waals surface area contributed by atoms with Crippen LogP contribution in [0.1, 0.15) is 48.4 Å². The minimum atomic E-state index is -0.181. The van der Waals surface area contributed by atoms with Gasteiger partial charge < -0.3 is 20.5 Å². The molecule has 3 N–H and O–H groups in total. The normalized spacial score (nSPS) is 16.8. The van der Waals surface area contributed by atoms with Crippen molar-refractivity contribution in [1.29, 1.82) is 0 Å². The van der Waals surface area contributed by atoms with E-state index >= 15 is 0 Å². The molecule has 1 aromatic carbocycles. The number of pyridine rings is 2. The number of H-pyrrole nitrogens is 1. The molecule has 1 saturated carbocycles. The van der Waals surface area contributed by atoms with Crippen molar-refractivity contribution < 1.29 is 0 Å². The zero-order valence-electron chi connectivity index (χ0n) is 20.7. The number of rotatable bonds is 6. The first kappa shape index (κ1) is 22.7. The van der Waals surface area contributed by atoms with Gasteiger partial charge in [-0.15, -0.1) is 0 Å². The molecule has 184 valence electrons. The zero-order valence-corrected chi connectivity index (χ0v) is 20.7. The van der Waals surface area contributed by atoms with E-state index in [1.807, 2.05) is 19.1 Å². The molecule has 1 aliphatic carbocycles. The van der Waals surface area contributed by atoms with Crippen molar-refractivity contribution in [2.75, 3.05) is 23.7 Å². The molecular formula is C28H31N7O. The van der Waals surface area contributed by atoms with Gasteiger partial charge in [-0.2, -0.15) is 0 Å². The van der Waals surface area contributed by atoms with Crippen LogP contribution >= 0.6 is 0 Å². The summed E-state index contributed by atoms with van der Waals surface area (Å²) in [7, 11) is 0. The average Bonchev–Trinajstić information content (AvgIpc) is 3.71. The van der Waals surface area contributed by atoms with Gasteiger partial charge >= 0.3 is 0 Å². The van der Waals surface area contributed by atoms with Gasteiger partial charge in [-0.1, -0.05) is 6.07 Å². The smallest absolute Gasteiger partial charge is 0.259 e. The van der Waals surface area contributed by atoms with Crippen LogP contribution in [-0.2, 0) is 0 Å². The molecule has 0 atom stereocenters. The number of anilines is 4. The summed E-state index contributed by atoms with van der Waals surface area (Å²) in [6, 6.07) is 11.1. The monoisotopic (exact) mass is 481 g/mol. The molecule has 8 nitrogen and oxygen atoms in total. The molecule has 6 rings (SSSR count). The van der Waals surface area contributed by atoms with Crippen LogP contribution in [0, 0.1) is 13.8 Å². The Labute approximate surface area is 210 Å². The number of hydrogen-bond acceptors (Lipinski definition) is 7. The fourth-order valence-electron chi connectivity index (χ4n) is 5.32. The van der Waals surface area contributed by atoms with E-state index in [1.54, 1.807) is 18.6 Å². The third-order valence-corrected chi connectivity index (χ3v) is 7.36. The number of likely N-dealkylation sites (tertiary alicyclic amines) is 1. The van der Waals surface area contributed by atoms with E-state index in [0.717, 1.165) is 22.8 Å². The van der Waals surface area contributed by atoms with Crippen molar-refractivity contribution in [3.05, 3.63) is 76.1 Å². The topological polar surface area (TPSA) is 98.8 Å². The predicted octanol–water partition coefficient (Wildman–Crippen LogP) is 5.16. The number of hydrogen-bond donors (Lipinski definition) is 3. The molecular weight excluding hydrogens is 450 g/mol. The second kappa shape index (κ2) is 9.35. The molecule has 1 saturated heterocycles. The number of aryl methyl sites for hydroxylation is 2. The Hall–Kier alpha value is -3.78. The van der Waals surface area contributed by atoms with Gasteiger partial charge in [0.2, 0.25) is 0 Å². The second-order valence-corrected chi connectivity index (χ2v) is 10.0. The number of nitrogens with zero attached hydrogens (tertiary/aromatic N) is 4. The first-order valence-corrected chi connectivity index (χ1v) is 12.7. The SMILES string of the molecule is Cc1cnc(Nc2cc3cc[nH]c(=O)c3c(Nc3ccc(C4CCN(C5CC5)CC4)c(C)c3)n2)cn1. The molecule has 4 heterocycles. The summed E-state index contributed by atoms with van der Waals surface area (Å²) < 4.78 is 0. The van der Waals surface area contributed by atoms with Crippen molar-refractivity contribution in [2.24, 2.45) is 0 Å². The molecule has 36 heavy (non-hydrogen) atoms. The highest BCUT2D eigenvalue weighted by Gasteiger charge is 2.32. The number of aromatic amines is 1. The summed E-state index contributed by atoms with van der Waals surface area (Å²) in [6.07, 6.45) is 10.2. The highest BCUT2D eigenvalue weighted by atomic mass is 16.1. The van der Waals surface area contributed by atoms with E-state index in [0.29, 0.717) is 28.8 Å². The van der Waals surface area contributed by atoms with Crippen LogP contribution in [0.15, 0.2) is 53.7 Å². The molecule has 8 heteroatoms. The Kier molecular flexibility index (Phi) is 5.89. The highest BCUT2D eigenvalue weighted by Crippen LogP contribution is 2.36. The standard InChI is InChI=1S/C28H31N7O/c1-17-13-21(3-6-23(17)19-8-11-35(12-9-19)22-4-5-22)32-27-26-20(7-10-29-28(26)36)14-24(34-27)33-25-16-30-18(2)15-31-25/h3,6-7,10,13-16,19,22H,4-5,8-9,11-12H2,1-2H3,(H,29,36)(H2,31,32,33,34). The Morgan fingerprint density at radius 2 is 1.78 bits per heavy atom. The van der Waals surface area contributed by atoms with E-state index in [1.165, 1.54) is 49.9 Å². The van der Waals surface area contributed by atoms with Gasteiger partial charge in [0.15, 0.2) is 0 Å². The molecule has 0 unspecified atom stereocenters. The number of aromatic nitrogens is 4. The van der Waals surface area contributed by atoms with Crippen molar-refractivity contribution in [3.8, 4) is 0 Å². The summed E-state index contributed by atoms with van der Waals surface area (Å²) in [5.41, 5.74) is 4.27. The summed E-state index contributed by atoms with van der Waals surface area (Å²) >= 11 is 0. The van der Waals surface area contributed by atoms with Crippen LogP contribution in [0.5, 0.6) is 0 Å². The van der Waals surface area contributed by atoms with E-state index < -0.39 is 0 Å². The molecule has 0 amide bonds. The Balaban J connectivity index is 1.27. The fourth-order valence-corrected chi connectivity index (χ4v) is 5.32. The maximum absolute atomic E-state index is 12.7. The molecule has 2 fully saturated rings. The molecule has 2 aliphatic rings. The lowest BCUT2D eigenvalue weighted by Gasteiger charge is -2.33. The maximum Gasteiger partial charge on any atom is 0.259 e. The van der Waals surface area contributed by atoms with Gasteiger partial charge in [-0.3, -0.25) is 9.78 Å². The van der Waals surface area contributed by atoms with Crippen LogP contribution in [0.25, 0.3) is 10.8 Å². The van der Waals surface area contributed by atoms with Gasteiger partial charge in [0.25, 0.3) is 5.56 Å². The summed E-state index contributed by atoms with van der Waals surface area (Å²) in [5, 5.41) is 7.92. The first-order valence-electron chi connectivity index (χ1n) is 12.7. The van der Waals surface area contributed by atoms with Crippen molar-refractivity contribution in [3.63, 3.8) is 0 Å².